The topological polar surface area (TPSA) is 156 Å². The number of aliphatic carboxylic acids is 4. The predicted octanol–water partition coefficient (Wildman–Crippen LogP) is -6.14. The second-order valence-electron chi connectivity index (χ2n) is 4.00. The molecule has 0 aromatic carbocycles. The van der Waals surface area contributed by atoms with Gasteiger partial charge in [-0.3, -0.25) is 29.0 Å². The van der Waals surface area contributed by atoms with Crippen LogP contribution in [0.15, 0.2) is 0 Å². The van der Waals surface area contributed by atoms with Crippen molar-refractivity contribution in [1.29, 1.82) is 0 Å². The van der Waals surface area contributed by atoms with Gasteiger partial charge in [0.2, 0.25) is 0 Å². The van der Waals surface area contributed by atoms with Gasteiger partial charge in [0.25, 0.3) is 0 Å². The predicted molar refractivity (Wildman–Crippen MR) is 74.5 cm³/mol. The van der Waals surface area contributed by atoms with Crippen LogP contribution in [0.2, 0.25) is 0 Å². The first-order valence-corrected chi connectivity index (χ1v) is 5.52. The van der Waals surface area contributed by atoms with Crippen LogP contribution < -0.4 is 29.6 Å². The van der Waals surface area contributed by atoms with Crippen LogP contribution >= 0.6 is 0 Å². The fourth-order valence-corrected chi connectivity index (χ4v) is 1.48. The summed E-state index contributed by atoms with van der Waals surface area (Å²) in [6, 6.07) is 0. The van der Waals surface area contributed by atoms with Crippen molar-refractivity contribution in [2.75, 3.05) is 39.3 Å². The van der Waals surface area contributed by atoms with E-state index in [0.717, 1.165) is 9.80 Å². The Labute approximate surface area is 176 Å². The van der Waals surface area contributed by atoms with Crippen LogP contribution in [-0.4, -0.2) is 111 Å². The SMILES string of the molecule is O=C(O)CN(CCN(CC(=O)O)CC(=O)O)CC(=O)O.[AlH3].[H-].[Na+].[Ni]. The van der Waals surface area contributed by atoms with Crippen molar-refractivity contribution in [3.8, 4) is 0 Å². The van der Waals surface area contributed by atoms with Crippen LogP contribution in [0.25, 0.3) is 0 Å². The normalized spacial score (nSPS) is 9.30. The molecule has 0 bridgehead atoms. The zero-order valence-corrected chi connectivity index (χ0v) is 14.9. The molecule has 0 heterocycles. The van der Waals surface area contributed by atoms with Gasteiger partial charge in [0.1, 0.15) is 0 Å². The van der Waals surface area contributed by atoms with Crippen molar-refractivity contribution < 1.29 is 87.1 Å². The van der Waals surface area contributed by atoms with Crippen LogP contribution in [0.3, 0.4) is 0 Å². The summed E-state index contributed by atoms with van der Waals surface area (Å²) in [5, 5.41) is 34.5. The fourth-order valence-electron chi connectivity index (χ4n) is 1.48. The molecule has 0 aliphatic rings. The average Bonchev–Trinajstić information content (AvgIpc) is 2.22. The van der Waals surface area contributed by atoms with E-state index in [4.69, 9.17) is 20.4 Å². The van der Waals surface area contributed by atoms with Crippen molar-refractivity contribution in [3.63, 3.8) is 0 Å². The number of rotatable bonds is 11. The maximum atomic E-state index is 10.6. The van der Waals surface area contributed by atoms with E-state index in [1.54, 1.807) is 0 Å². The summed E-state index contributed by atoms with van der Waals surface area (Å²) < 4.78 is 0. The van der Waals surface area contributed by atoms with Gasteiger partial charge in [0, 0.05) is 29.6 Å². The summed E-state index contributed by atoms with van der Waals surface area (Å²) in [6.07, 6.45) is 0. The van der Waals surface area contributed by atoms with Crippen molar-refractivity contribution >= 4 is 41.2 Å². The van der Waals surface area contributed by atoms with Gasteiger partial charge in [0.15, 0.2) is 17.4 Å². The number of nitrogens with zero attached hydrogens (tertiary/aromatic N) is 2. The van der Waals surface area contributed by atoms with Crippen LogP contribution in [0.1, 0.15) is 1.43 Å². The quantitative estimate of drug-likeness (QED) is 0.244. The molecular weight excluding hydrogens is 385 g/mol. The maximum Gasteiger partial charge on any atom is 1.00 e. The monoisotopic (exact) mass is 404 g/mol. The largest absolute Gasteiger partial charge is 1.00 e. The van der Waals surface area contributed by atoms with E-state index in [9.17, 15) is 19.2 Å². The molecule has 0 unspecified atom stereocenters. The van der Waals surface area contributed by atoms with Crippen molar-refractivity contribution in [2.24, 2.45) is 0 Å². The molecule has 0 amide bonds. The number of hydrogen-bond acceptors (Lipinski definition) is 6. The van der Waals surface area contributed by atoms with Gasteiger partial charge >= 0.3 is 53.4 Å². The van der Waals surface area contributed by atoms with Crippen LogP contribution in [0.4, 0.5) is 0 Å². The Kier molecular flexibility index (Phi) is 22.2. The number of carboxylic acid groups (broad SMARTS) is 4. The molecule has 132 valence electrons. The van der Waals surface area contributed by atoms with E-state index < -0.39 is 50.1 Å². The molecule has 0 saturated carbocycles. The van der Waals surface area contributed by atoms with Crippen LogP contribution in [-0.2, 0) is 35.7 Å². The minimum Gasteiger partial charge on any atom is -1.00 e. The van der Waals surface area contributed by atoms with Crippen LogP contribution in [0, 0.1) is 0 Å². The standard InChI is InChI=1S/C10H16N2O8.Al.Na.Ni.4H/c13-7(14)3-11(4-8(15)16)1-2-12(5-9(17)18)6-10(19)20;;;;;;;/h1-6H2,(H,13,14)(H,15,16)(H,17,18)(H,19,20);;;;;;;/q;;+1;;;;;-1. The van der Waals surface area contributed by atoms with Gasteiger partial charge in [-0.1, -0.05) is 0 Å². The van der Waals surface area contributed by atoms with Crippen molar-refractivity contribution in [3.05, 3.63) is 0 Å². The summed E-state index contributed by atoms with van der Waals surface area (Å²) in [5.41, 5.74) is 0. The van der Waals surface area contributed by atoms with Gasteiger partial charge in [-0.05, 0) is 0 Å². The molecule has 0 radical (unpaired) electrons. The first-order valence-electron chi connectivity index (χ1n) is 5.52. The number of carbonyl (C=O) groups is 4. The van der Waals surface area contributed by atoms with E-state index >= 15 is 0 Å². The Morgan fingerprint density at radius 2 is 0.826 bits per heavy atom. The number of carboxylic acids is 4. The third-order valence-corrected chi connectivity index (χ3v) is 2.17. The molecular formula is C10H20AlN2NaNiO8. The molecule has 4 N–H and O–H groups in total. The maximum absolute atomic E-state index is 10.6. The molecule has 0 spiro atoms. The Balaban J connectivity index is -0.000000301. The van der Waals surface area contributed by atoms with Gasteiger partial charge in [-0.15, -0.1) is 0 Å². The molecule has 0 rings (SSSR count). The van der Waals surface area contributed by atoms with E-state index in [2.05, 4.69) is 0 Å². The van der Waals surface area contributed by atoms with Gasteiger partial charge in [0.05, 0.1) is 26.2 Å². The zero-order chi connectivity index (χ0) is 15.7. The molecule has 0 atom stereocenters. The van der Waals surface area contributed by atoms with Gasteiger partial charge in [-0.2, -0.15) is 0 Å². The minimum absolute atomic E-state index is 0. The van der Waals surface area contributed by atoms with E-state index in [1.807, 2.05) is 0 Å². The second kappa shape index (κ2) is 16.7. The minimum atomic E-state index is -1.23. The Hall–Kier alpha value is -0.174. The Bertz CT molecular complexity index is 339. The fraction of sp³-hybridized carbons (Fsp3) is 0.600. The molecule has 0 saturated heterocycles. The van der Waals surface area contributed by atoms with Crippen LogP contribution in [0.5, 0.6) is 0 Å². The van der Waals surface area contributed by atoms with Gasteiger partial charge in [-0.25, -0.2) is 0 Å². The first kappa shape index (κ1) is 30.7. The summed E-state index contributed by atoms with van der Waals surface area (Å²) in [6.45, 7) is -2.25. The molecule has 0 aromatic heterocycles. The molecule has 10 nitrogen and oxygen atoms in total. The average molecular weight is 405 g/mol. The first-order chi connectivity index (χ1) is 9.20. The molecule has 0 fully saturated rings. The molecule has 23 heavy (non-hydrogen) atoms. The summed E-state index contributed by atoms with van der Waals surface area (Å²) >= 11 is 0. The van der Waals surface area contributed by atoms with E-state index in [0.29, 0.717) is 0 Å². The van der Waals surface area contributed by atoms with Crippen molar-refractivity contribution in [1.82, 2.24) is 9.80 Å². The van der Waals surface area contributed by atoms with E-state index in [-0.39, 0.29) is 77.9 Å². The number of hydrogen-bond donors (Lipinski definition) is 4. The summed E-state index contributed by atoms with van der Waals surface area (Å²) in [7, 11) is 0. The summed E-state index contributed by atoms with van der Waals surface area (Å²) in [5.74, 6) is -4.91. The van der Waals surface area contributed by atoms with Gasteiger partial charge < -0.3 is 21.9 Å². The summed E-state index contributed by atoms with van der Waals surface area (Å²) in [4.78, 5) is 44.4. The van der Waals surface area contributed by atoms with Crippen molar-refractivity contribution in [2.45, 2.75) is 0 Å². The Morgan fingerprint density at radius 3 is 0.957 bits per heavy atom. The third-order valence-electron chi connectivity index (χ3n) is 2.17. The van der Waals surface area contributed by atoms with E-state index in [1.165, 1.54) is 0 Å². The molecule has 0 aromatic rings. The third kappa shape index (κ3) is 19.8. The smallest absolute Gasteiger partial charge is 1.00 e. The molecule has 0 aliphatic carbocycles. The second-order valence-corrected chi connectivity index (χ2v) is 4.00. The Morgan fingerprint density at radius 1 is 0.652 bits per heavy atom. The zero-order valence-electron chi connectivity index (χ0n) is 12.9. The molecule has 0 aliphatic heterocycles. The molecule has 13 heteroatoms.